The third-order valence-corrected chi connectivity index (χ3v) is 2.58. The number of pyridine rings is 1. The zero-order valence-electron chi connectivity index (χ0n) is 11.8. The minimum absolute atomic E-state index is 0.0209. The Morgan fingerprint density at radius 1 is 1.29 bits per heavy atom. The van der Waals surface area contributed by atoms with Crippen LogP contribution in [0.25, 0.3) is 0 Å². The van der Waals surface area contributed by atoms with Crippen LogP contribution in [0.1, 0.15) is 5.69 Å². The Morgan fingerprint density at radius 3 is 2.50 bits per heavy atom. The second-order valence-electron chi connectivity index (χ2n) is 3.93. The van der Waals surface area contributed by atoms with E-state index >= 15 is 0 Å². The SMILES string of the molecule is O=[N+]([O-])c1ccc(NC(=S)NN=Cc2ccccn2)cc1.[Cl][Cu][Cl]. The first-order chi connectivity index (χ1) is 11.6. The van der Waals surface area contributed by atoms with E-state index in [-0.39, 0.29) is 10.8 Å². The van der Waals surface area contributed by atoms with Crippen LogP contribution in [0.3, 0.4) is 0 Å². The fourth-order valence-electron chi connectivity index (χ4n) is 1.43. The number of hydrazone groups is 1. The average Bonchev–Trinajstić information content (AvgIpc) is 2.57. The number of hydrogen-bond donors (Lipinski definition) is 2. The Kier molecular flexibility index (Phi) is 9.90. The van der Waals surface area contributed by atoms with Crippen molar-refractivity contribution < 1.29 is 18.1 Å². The zero-order valence-corrected chi connectivity index (χ0v) is 15.1. The van der Waals surface area contributed by atoms with Gasteiger partial charge in [0.1, 0.15) is 0 Å². The molecule has 2 rings (SSSR count). The number of aromatic nitrogens is 1. The Bertz CT molecular complexity index is 689. The van der Waals surface area contributed by atoms with Gasteiger partial charge < -0.3 is 5.32 Å². The van der Waals surface area contributed by atoms with E-state index in [2.05, 4.69) is 41.0 Å². The standard InChI is InChI=1S/C13H11N5O2S.2ClH.Cu/c19-18(20)12-6-4-10(5-7-12)16-13(21)17-15-9-11-3-1-2-8-14-11;;;/h1-9H,(H2,16,17,21);2*1H;/q;;;+2/p-2. The van der Waals surface area contributed by atoms with Crippen LogP contribution < -0.4 is 10.7 Å². The van der Waals surface area contributed by atoms with Gasteiger partial charge in [0.05, 0.1) is 16.8 Å². The zero-order chi connectivity index (χ0) is 17.8. The van der Waals surface area contributed by atoms with E-state index in [4.69, 9.17) is 12.2 Å². The summed E-state index contributed by atoms with van der Waals surface area (Å²) in [5.41, 5.74) is 3.98. The van der Waals surface area contributed by atoms with Crippen molar-refractivity contribution in [2.24, 2.45) is 5.10 Å². The van der Waals surface area contributed by atoms with Gasteiger partial charge in [-0.25, -0.2) is 0 Å². The van der Waals surface area contributed by atoms with Crippen molar-refractivity contribution in [3.8, 4) is 0 Å². The van der Waals surface area contributed by atoms with Crippen LogP contribution in [-0.2, 0) is 13.1 Å². The second kappa shape index (κ2) is 11.7. The minimum atomic E-state index is -0.461. The molecule has 2 aromatic rings. The van der Waals surface area contributed by atoms with Gasteiger partial charge in [0.2, 0.25) is 0 Å². The number of thiocarbonyl (C=S) groups is 1. The molecule has 0 fully saturated rings. The van der Waals surface area contributed by atoms with Crippen LogP contribution in [0.5, 0.6) is 0 Å². The normalized spacial score (nSPS) is 9.92. The van der Waals surface area contributed by atoms with Crippen molar-refractivity contribution in [1.29, 1.82) is 0 Å². The number of rotatable bonds is 4. The van der Waals surface area contributed by atoms with E-state index in [9.17, 15) is 10.1 Å². The van der Waals surface area contributed by atoms with Crippen LogP contribution in [0.4, 0.5) is 11.4 Å². The van der Waals surface area contributed by atoms with E-state index < -0.39 is 4.92 Å². The van der Waals surface area contributed by atoms with Gasteiger partial charge >= 0.3 is 33.3 Å². The first kappa shape index (κ1) is 20.3. The molecule has 0 unspecified atom stereocenters. The van der Waals surface area contributed by atoms with Gasteiger partial charge in [-0.15, -0.1) is 0 Å². The number of nitrogens with one attached hydrogen (secondary N) is 2. The van der Waals surface area contributed by atoms with Crippen molar-refractivity contribution in [2.45, 2.75) is 0 Å². The van der Waals surface area contributed by atoms with Gasteiger partial charge in [0.25, 0.3) is 5.69 Å². The molecule has 24 heavy (non-hydrogen) atoms. The first-order valence-electron chi connectivity index (χ1n) is 6.13. The number of nitro benzene ring substituents is 1. The van der Waals surface area contributed by atoms with Crippen molar-refractivity contribution >= 4 is 55.1 Å². The molecule has 0 atom stereocenters. The molecule has 0 aliphatic heterocycles. The second-order valence-corrected chi connectivity index (χ2v) is 5.89. The molecule has 0 bridgehead atoms. The summed E-state index contributed by atoms with van der Waals surface area (Å²) in [5.74, 6) is 0. The van der Waals surface area contributed by atoms with Crippen molar-refractivity contribution in [3.05, 3.63) is 64.5 Å². The third kappa shape index (κ3) is 8.19. The van der Waals surface area contributed by atoms with Gasteiger partial charge in [-0.1, -0.05) is 6.07 Å². The maximum atomic E-state index is 10.5. The van der Waals surface area contributed by atoms with E-state index in [1.165, 1.54) is 18.3 Å². The predicted octanol–water partition coefficient (Wildman–Crippen LogP) is 3.69. The molecule has 0 aliphatic rings. The number of non-ortho nitro benzene ring substituents is 1. The molecular formula is C13H11Cl2CuN5O2S. The molecule has 1 aromatic heterocycles. The molecule has 0 aliphatic carbocycles. The quantitative estimate of drug-likeness (QED) is 0.250. The summed E-state index contributed by atoms with van der Waals surface area (Å²) in [5, 5.41) is 17.6. The van der Waals surface area contributed by atoms with Crippen LogP contribution in [-0.4, -0.2) is 21.2 Å². The summed E-state index contributed by atoms with van der Waals surface area (Å²) in [4.78, 5) is 14.1. The molecule has 0 saturated carbocycles. The molecule has 131 valence electrons. The van der Waals surface area contributed by atoms with Gasteiger partial charge in [-0.2, -0.15) is 5.10 Å². The van der Waals surface area contributed by atoms with Crippen LogP contribution in [0.15, 0.2) is 53.8 Å². The monoisotopic (exact) mass is 434 g/mol. The number of hydrogen-bond acceptors (Lipinski definition) is 5. The first-order valence-corrected chi connectivity index (χ1v) is 9.13. The van der Waals surface area contributed by atoms with Gasteiger partial charge in [-0.05, 0) is 36.5 Å². The van der Waals surface area contributed by atoms with Crippen molar-refractivity contribution in [3.63, 3.8) is 0 Å². The van der Waals surface area contributed by atoms with E-state index in [1.54, 1.807) is 24.4 Å². The molecule has 11 heteroatoms. The fraction of sp³-hybridized carbons (Fsp3) is 0. The Labute approximate surface area is 158 Å². The van der Waals surface area contributed by atoms with E-state index in [0.717, 1.165) is 13.1 Å². The molecule has 0 radical (unpaired) electrons. The van der Waals surface area contributed by atoms with Gasteiger partial charge in [0, 0.05) is 24.0 Å². The van der Waals surface area contributed by atoms with Crippen LogP contribution in [0.2, 0.25) is 0 Å². The molecule has 2 N–H and O–H groups in total. The summed E-state index contributed by atoms with van der Waals surface area (Å²) in [6, 6.07) is 11.4. The molecule has 0 spiro atoms. The van der Waals surface area contributed by atoms with Gasteiger partial charge in [-0.3, -0.25) is 20.5 Å². The number of anilines is 1. The van der Waals surface area contributed by atoms with E-state index in [0.29, 0.717) is 11.4 Å². The topological polar surface area (TPSA) is 92.5 Å². The summed E-state index contributed by atoms with van der Waals surface area (Å²) in [6.45, 7) is 0. The maximum absolute atomic E-state index is 10.5. The summed E-state index contributed by atoms with van der Waals surface area (Å²) < 4.78 is 0. The summed E-state index contributed by atoms with van der Waals surface area (Å²) >= 11 is 5.80. The molecule has 1 aromatic carbocycles. The summed E-state index contributed by atoms with van der Waals surface area (Å²) in [7, 11) is 9.34. The third-order valence-electron chi connectivity index (χ3n) is 2.39. The van der Waals surface area contributed by atoms with E-state index in [1.807, 2.05) is 12.1 Å². The number of nitrogens with zero attached hydrogens (tertiary/aromatic N) is 3. The van der Waals surface area contributed by atoms with Crippen molar-refractivity contribution in [2.75, 3.05) is 5.32 Å². The molecule has 7 nitrogen and oxygen atoms in total. The Balaban J connectivity index is 0.000000891. The van der Waals surface area contributed by atoms with Crippen LogP contribution in [0, 0.1) is 10.1 Å². The molecule has 0 amide bonds. The summed E-state index contributed by atoms with van der Waals surface area (Å²) in [6.07, 6.45) is 3.19. The average molecular weight is 436 g/mol. The number of benzene rings is 1. The molecule has 1 heterocycles. The number of halogens is 2. The van der Waals surface area contributed by atoms with Crippen LogP contribution >= 0.6 is 32.4 Å². The number of nitro groups is 1. The predicted molar refractivity (Wildman–Crippen MR) is 96.0 cm³/mol. The van der Waals surface area contributed by atoms with Crippen molar-refractivity contribution in [1.82, 2.24) is 10.4 Å². The molecule has 0 saturated heterocycles. The fourth-order valence-corrected chi connectivity index (χ4v) is 1.61. The van der Waals surface area contributed by atoms with Gasteiger partial charge in [0.15, 0.2) is 5.11 Å². The Morgan fingerprint density at radius 2 is 1.96 bits per heavy atom. The molecular weight excluding hydrogens is 425 g/mol. The Hall–Kier alpha value is -1.77.